The lowest BCUT2D eigenvalue weighted by Gasteiger charge is -2.12. The Bertz CT molecular complexity index is 599. The Hall–Kier alpha value is -2.01. The summed E-state index contributed by atoms with van der Waals surface area (Å²) in [5, 5.41) is 0. The minimum Gasteiger partial charge on any atom is -0.424 e. The molecule has 0 unspecified atom stereocenters. The molecule has 5 heteroatoms. The van der Waals surface area contributed by atoms with E-state index >= 15 is 0 Å². The van der Waals surface area contributed by atoms with Crippen LogP contribution in [0.15, 0.2) is 36.5 Å². The number of ether oxygens (including phenoxy) is 1. The summed E-state index contributed by atoms with van der Waals surface area (Å²) in [6.07, 6.45) is 1.58. The minimum atomic E-state index is 0.226. The molecule has 2 aromatic rings. The van der Waals surface area contributed by atoms with E-state index < -0.39 is 0 Å². The highest BCUT2D eigenvalue weighted by molar-refractivity contribution is 7.80. The Balaban J connectivity index is 2.31. The van der Waals surface area contributed by atoms with Crippen molar-refractivity contribution in [2.75, 3.05) is 0 Å². The van der Waals surface area contributed by atoms with E-state index in [4.69, 9.17) is 22.7 Å². The molecule has 0 bridgehead atoms. The van der Waals surface area contributed by atoms with Crippen LogP contribution in [0.1, 0.15) is 31.0 Å². The predicted octanol–water partition coefficient (Wildman–Crippen LogP) is 3.03. The molecule has 2 rings (SSSR count). The number of hydrogen-bond donors (Lipinski definition) is 1. The lowest BCUT2D eigenvalue weighted by molar-refractivity contribution is 0.434. The van der Waals surface area contributed by atoms with Crippen molar-refractivity contribution in [3.8, 4) is 11.8 Å². The maximum Gasteiger partial charge on any atom is 0.322 e. The zero-order chi connectivity index (χ0) is 13.8. The maximum atomic E-state index is 5.72. The largest absolute Gasteiger partial charge is 0.424 e. The van der Waals surface area contributed by atoms with Gasteiger partial charge in [-0.25, -0.2) is 4.98 Å². The Labute approximate surface area is 117 Å². The standard InChI is InChI=1S/C14H15N3OS/c1-9(2)10-5-3-4-6-12(10)18-14-16-8-7-11(17-14)13(15)19/h3-9H,1-2H3,(H2,15,19). The van der Waals surface area contributed by atoms with Gasteiger partial charge < -0.3 is 10.5 Å². The van der Waals surface area contributed by atoms with Crippen LogP contribution >= 0.6 is 12.2 Å². The van der Waals surface area contributed by atoms with Crippen molar-refractivity contribution in [3.05, 3.63) is 47.8 Å². The van der Waals surface area contributed by atoms with Gasteiger partial charge in [0.1, 0.15) is 16.4 Å². The van der Waals surface area contributed by atoms with Crippen molar-refractivity contribution < 1.29 is 4.74 Å². The SMILES string of the molecule is CC(C)c1ccccc1Oc1nccc(C(N)=S)n1. The molecule has 2 N–H and O–H groups in total. The molecular formula is C14H15N3OS. The first kappa shape index (κ1) is 13.4. The number of para-hydroxylation sites is 1. The van der Waals surface area contributed by atoms with Crippen LogP contribution in [-0.4, -0.2) is 15.0 Å². The third-order valence-electron chi connectivity index (χ3n) is 2.63. The van der Waals surface area contributed by atoms with Gasteiger partial charge in [0, 0.05) is 6.20 Å². The number of thiocarbonyl (C=S) groups is 1. The molecule has 1 aromatic carbocycles. The van der Waals surface area contributed by atoms with E-state index in [-0.39, 0.29) is 11.0 Å². The molecule has 0 radical (unpaired) electrons. The molecule has 0 saturated carbocycles. The topological polar surface area (TPSA) is 61.0 Å². The second-order valence-corrected chi connectivity index (χ2v) is 4.82. The fourth-order valence-electron chi connectivity index (χ4n) is 1.68. The van der Waals surface area contributed by atoms with Gasteiger partial charge in [-0.15, -0.1) is 0 Å². The summed E-state index contributed by atoms with van der Waals surface area (Å²) < 4.78 is 5.72. The van der Waals surface area contributed by atoms with Gasteiger partial charge >= 0.3 is 6.01 Å². The van der Waals surface area contributed by atoms with Crippen LogP contribution in [0.25, 0.3) is 0 Å². The second kappa shape index (κ2) is 5.75. The summed E-state index contributed by atoms with van der Waals surface area (Å²) in [6, 6.07) is 9.72. The Morgan fingerprint density at radius 2 is 2.00 bits per heavy atom. The van der Waals surface area contributed by atoms with Crippen molar-refractivity contribution in [1.29, 1.82) is 0 Å². The van der Waals surface area contributed by atoms with Gasteiger partial charge in [-0.2, -0.15) is 4.98 Å². The molecule has 0 spiro atoms. The first-order valence-electron chi connectivity index (χ1n) is 5.97. The van der Waals surface area contributed by atoms with E-state index in [1.54, 1.807) is 12.3 Å². The number of benzene rings is 1. The van der Waals surface area contributed by atoms with E-state index in [0.717, 1.165) is 11.3 Å². The normalized spacial score (nSPS) is 10.5. The van der Waals surface area contributed by atoms with Crippen LogP contribution in [0.3, 0.4) is 0 Å². The third-order valence-corrected chi connectivity index (χ3v) is 2.84. The molecule has 0 amide bonds. The van der Waals surface area contributed by atoms with E-state index in [2.05, 4.69) is 23.8 Å². The molecule has 0 aliphatic carbocycles. The molecule has 0 saturated heterocycles. The number of hydrogen-bond acceptors (Lipinski definition) is 4. The van der Waals surface area contributed by atoms with E-state index in [1.165, 1.54) is 0 Å². The van der Waals surface area contributed by atoms with Crippen molar-refractivity contribution in [1.82, 2.24) is 9.97 Å². The van der Waals surface area contributed by atoms with Gasteiger partial charge in [0.2, 0.25) is 0 Å². The molecule has 19 heavy (non-hydrogen) atoms. The van der Waals surface area contributed by atoms with Gasteiger partial charge in [-0.05, 0) is 23.6 Å². The van der Waals surface area contributed by atoms with Crippen LogP contribution in [0.4, 0.5) is 0 Å². The van der Waals surface area contributed by atoms with Crippen LogP contribution in [0.2, 0.25) is 0 Å². The quantitative estimate of drug-likeness (QED) is 0.868. The summed E-state index contributed by atoms with van der Waals surface area (Å²) in [5.41, 5.74) is 7.15. The fraction of sp³-hybridized carbons (Fsp3) is 0.214. The molecule has 1 heterocycles. The zero-order valence-electron chi connectivity index (χ0n) is 10.8. The fourth-order valence-corrected chi connectivity index (χ4v) is 1.79. The van der Waals surface area contributed by atoms with Gasteiger partial charge in [0.05, 0.1) is 0 Å². The second-order valence-electron chi connectivity index (χ2n) is 4.38. The van der Waals surface area contributed by atoms with Crippen LogP contribution < -0.4 is 10.5 Å². The number of rotatable bonds is 4. The Kier molecular flexibility index (Phi) is 4.06. The zero-order valence-corrected chi connectivity index (χ0v) is 11.6. The Morgan fingerprint density at radius 1 is 1.26 bits per heavy atom. The highest BCUT2D eigenvalue weighted by Crippen LogP contribution is 2.28. The summed E-state index contributed by atoms with van der Waals surface area (Å²) in [7, 11) is 0. The summed E-state index contributed by atoms with van der Waals surface area (Å²) in [4.78, 5) is 8.46. The predicted molar refractivity (Wildman–Crippen MR) is 78.5 cm³/mol. The van der Waals surface area contributed by atoms with Crippen molar-refractivity contribution in [2.45, 2.75) is 19.8 Å². The highest BCUT2D eigenvalue weighted by Gasteiger charge is 2.10. The molecule has 0 aliphatic rings. The van der Waals surface area contributed by atoms with E-state index in [1.807, 2.05) is 24.3 Å². The average molecular weight is 273 g/mol. The highest BCUT2D eigenvalue weighted by atomic mass is 32.1. The van der Waals surface area contributed by atoms with Crippen LogP contribution in [0.5, 0.6) is 11.8 Å². The van der Waals surface area contributed by atoms with Crippen molar-refractivity contribution in [3.63, 3.8) is 0 Å². The van der Waals surface area contributed by atoms with Gasteiger partial charge in [-0.3, -0.25) is 0 Å². The number of aromatic nitrogens is 2. The molecule has 98 valence electrons. The molecule has 1 aromatic heterocycles. The summed E-state index contributed by atoms with van der Waals surface area (Å²) >= 11 is 4.89. The van der Waals surface area contributed by atoms with Gasteiger partial charge in [0.25, 0.3) is 0 Å². The lowest BCUT2D eigenvalue weighted by Crippen LogP contribution is -2.12. The van der Waals surface area contributed by atoms with Gasteiger partial charge in [0.15, 0.2) is 0 Å². The van der Waals surface area contributed by atoms with Gasteiger partial charge in [-0.1, -0.05) is 44.3 Å². The molecule has 4 nitrogen and oxygen atoms in total. The average Bonchev–Trinajstić information content (AvgIpc) is 2.39. The molecule has 0 aliphatic heterocycles. The van der Waals surface area contributed by atoms with E-state index in [0.29, 0.717) is 11.6 Å². The number of nitrogens with two attached hydrogens (primary N) is 1. The van der Waals surface area contributed by atoms with E-state index in [9.17, 15) is 0 Å². The van der Waals surface area contributed by atoms with Crippen molar-refractivity contribution >= 4 is 17.2 Å². The number of nitrogens with zero attached hydrogens (tertiary/aromatic N) is 2. The molecule has 0 atom stereocenters. The first-order valence-corrected chi connectivity index (χ1v) is 6.38. The smallest absolute Gasteiger partial charge is 0.322 e. The molecular weight excluding hydrogens is 258 g/mol. The van der Waals surface area contributed by atoms with Crippen LogP contribution in [-0.2, 0) is 0 Å². The third kappa shape index (κ3) is 3.26. The Morgan fingerprint density at radius 3 is 2.68 bits per heavy atom. The van der Waals surface area contributed by atoms with Crippen LogP contribution in [0, 0.1) is 0 Å². The summed E-state index contributed by atoms with van der Waals surface area (Å²) in [6.45, 7) is 4.21. The first-order chi connectivity index (χ1) is 9.08. The minimum absolute atomic E-state index is 0.226. The van der Waals surface area contributed by atoms with Crippen molar-refractivity contribution in [2.24, 2.45) is 5.73 Å². The summed E-state index contributed by atoms with van der Waals surface area (Å²) in [5.74, 6) is 1.10. The maximum absolute atomic E-state index is 5.72. The monoisotopic (exact) mass is 273 g/mol. The molecule has 0 fully saturated rings. The lowest BCUT2D eigenvalue weighted by atomic mass is 10.0.